The number of carbonyl (C=O) groups excluding carboxylic acids is 1. The Bertz CT molecular complexity index is 498. The number of hydrogen-bond donors (Lipinski definition) is 1. The summed E-state index contributed by atoms with van der Waals surface area (Å²) in [5, 5.41) is 5.34. The third-order valence-corrected chi connectivity index (χ3v) is 3.56. The smallest absolute Gasteiger partial charge is 0.379 e. The Morgan fingerprint density at radius 3 is 2.68 bits per heavy atom. The van der Waals surface area contributed by atoms with E-state index in [1.165, 1.54) is 4.90 Å². The number of aromatic amines is 1. The molecule has 2 heterocycles. The molecule has 0 unspecified atom stereocenters. The van der Waals surface area contributed by atoms with Crippen molar-refractivity contribution in [2.24, 2.45) is 0 Å². The number of morpholine rings is 1. The van der Waals surface area contributed by atoms with E-state index >= 15 is 0 Å². The van der Waals surface area contributed by atoms with E-state index in [0.717, 1.165) is 19.2 Å². The zero-order valence-corrected chi connectivity index (χ0v) is 12.3. The molecule has 9 heteroatoms. The minimum Gasteiger partial charge on any atom is -0.379 e. The zero-order chi connectivity index (χ0) is 16.2. The normalized spacial score (nSPS) is 16.7. The van der Waals surface area contributed by atoms with Gasteiger partial charge in [-0.25, -0.2) is 0 Å². The molecule has 1 N–H and O–H groups in total. The number of aromatic nitrogens is 2. The summed E-state index contributed by atoms with van der Waals surface area (Å²) >= 11 is 0. The number of H-pyrrole nitrogens is 1. The van der Waals surface area contributed by atoms with E-state index in [4.69, 9.17) is 4.74 Å². The number of alkyl halides is 3. The van der Waals surface area contributed by atoms with Crippen molar-refractivity contribution >= 4 is 5.91 Å². The monoisotopic (exact) mass is 320 g/mol. The first-order chi connectivity index (χ1) is 10.4. The molecule has 1 fully saturated rings. The minimum absolute atomic E-state index is 0.212. The van der Waals surface area contributed by atoms with Crippen LogP contribution in [-0.2, 0) is 10.9 Å². The lowest BCUT2D eigenvalue weighted by Gasteiger charge is -2.29. The van der Waals surface area contributed by atoms with E-state index in [2.05, 4.69) is 10.00 Å². The van der Waals surface area contributed by atoms with Crippen molar-refractivity contribution in [1.29, 1.82) is 0 Å². The lowest BCUT2D eigenvalue weighted by atomic mass is 10.3. The van der Waals surface area contributed by atoms with Crippen LogP contribution in [0.15, 0.2) is 6.07 Å². The highest BCUT2D eigenvalue weighted by atomic mass is 19.4. The van der Waals surface area contributed by atoms with Gasteiger partial charge in [0.25, 0.3) is 5.91 Å². The second-order valence-corrected chi connectivity index (χ2v) is 5.00. The number of amides is 1. The second kappa shape index (κ2) is 7.10. The molecule has 1 aliphatic rings. The summed E-state index contributed by atoms with van der Waals surface area (Å²) in [4.78, 5) is 15.9. The number of halogens is 3. The highest BCUT2D eigenvalue weighted by Crippen LogP contribution is 2.27. The third-order valence-electron chi connectivity index (χ3n) is 3.56. The van der Waals surface area contributed by atoms with E-state index in [1.54, 1.807) is 6.92 Å². The Morgan fingerprint density at radius 1 is 1.45 bits per heavy atom. The van der Waals surface area contributed by atoms with Gasteiger partial charge in [0.1, 0.15) is 5.69 Å². The van der Waals surface area contributed by atoms with Crippen molar-refractivity contribution in [3.8, 4) is 0 Å². The SMILES string of the molecule is CCN(CCN1CCOCC1)C(=O)c1cc(C(F)(F)F)[nH]n1. The van der Waals surface area contributed by atoms with E-state index in [1.807, 2.05) is 5.10 Å². The van der Waals surface area contributed by atoms with Gasteiger partial charge < -0.3 is 9.64 Å². The molecule has 0 bridgehead atoms. The maximum absolute atomic E-state index is 12.5. The fourth-order valence-corrected chi connectivity index (χ4v) is 2.23. The number of rotatable bonds is 5. The molecule has 1 aromatic heterocycles. The van der Waals surface area contributed by atoms with Crippen LogP contribution in [0.25, 0.3) is 0 Å². The van der Waals surface area contributed by atoms with Crippen LogP contribution in [0, 0.1) is 0 Å². The van der Waals surface area contributed by atoms with Gasteiger partial charge in [0.05, 0.1) is 13.2 Å². The van der Waals surface area contributed by atoms with Crippen molar-refractivity contribution in [1.82, 2.24) is 20.0 Å². The summed E-state index contributed by atoms with van der Waals surface area (Å²) < 4.78 is 42.8. The molecule has 1 aromatic rings. The first-order valence-corrected chi connectivity index (χ1v) is 7.13. The lowest BCUT2D eigenvalue weighted by Crippen LogP contribution is -2.43. The van der Waals surface area contributed by atoms with Gasteiger partial charge in [0, 0.05) is 38.8 Å². The third kappa shape index (κ3) is 4.20. The van der Waals surface area contributed by atoms with E-state index < -0.39 is 17.8 Å². The van der Waals surface area contributed by atoms with Crippen LogP contribution in [0.1, 0.15) is 23.1 Å². The highest BCUT2D eigenvalue weighted by Gasteiger charge is 2.34. The molecule has 0 saturated carbocycles. The van der Waals surface area contributed by atoms with E-state index in [9.17, 15) is 18.0 Å². The fourth-order valence-electron chi connectivity index (χ4n) is 2.23. The molecule has 1 saturated heterocycles. The molecule has 1 amide bonds. The topological polar surface area (TPSA) is 61.5 Å². The van der Waals surface area contributed by atoms with Gasteiger partial charge in [-0.2, -0.15) is 18.3 Å². The predicted octanol–water partition coefficient (Wildman–Crippen LogP) is 1.22. The molecule has 124 valence electrons. The van der Waals surface area contributed by atoms with Crippen molar-refractivity contribution in [2.45, 2.75) is 13.1 Å². The van der Waals surface area contributed by atoms with Gasteiger partial charge >= 0.3 is 6.18 Å². The lowest BCUT2D eigenvalue weighted by molar-refractivity contribution is -0.141. The van der Waals surface area contributed by atoms with Gasteiger partial charge in [0.2, 0.25) is 0 Å². The summed E-state index contributed by atoms with van der Waals surface area (Å²) in [5.41, 5.74) is -1.23. The van der Waals surface area contributed by atoms with E-state index in [-0.39, 0.29) is 5.69 Å². The summed E-state index contributed by atoms with van der Waals surface area (Å²) in [6, 6.07) is 0.750. The maximum atomic E-state index is 12.5. The van der Waals surface area contributed by atoms with Crippen molar-refractivity contribution in [3.05, 3.63) is 17.5 Å². The average Bonchev–Trinajstić information content (AvgIpc) is 2.98. The highest BCUT2D eigenvalue weighted by molar-refractivity contribution is 5.92. The van der Waals surface area contributed by atoms with Gasteiger partial charge in [0.15, 0.2) is 5.69 Å². The van der Waals surface area contributed by atoms with Crippen molar-refractivity contribution in [3.63, 3.8) is 0 Å². The number of nitrogens with one attached hydrogen (secondary N) is 1. The minimum atomic E-state index is -4.53. The molecule has 0 radical (unpaired) electrons. The molecule has 0 aromatic carbocycles. The molecule has 1 aliphatic heterocycles. The number of carbonyl (C=O) groups is 1. The van der Waals surface area contributed by atoms with Crippen LogP contribution in [0.3, 0.4) is 0 Å². The first kappa shape index (κ1) is 16.8. The molecule has 22 heavy (non-hydrogen) atoms. The summed E-state index contributed by atoms with van der Waals surface area (Å²) in [7, 11) is 0. The van der Waals surface area contributed by atoms with Crippen LogP contribution in [-0.4, -0.2) is 71.8 Å². The maximum Gasteiger partial charge on any atom is 0.432 e. The largest absolute Gasteiger partial charge is 0.432 e. The molecular weight excluding hydrogens is 301 g/mol. The van der Waals surface area contributed by atoms with Crippen LogP contribution >= 0.6 is 0 Å². The molecular formula is C13H19F3N4O2. The number of likely N-dealkylation sites (N-methyl/N-ethyl adjacent to an activating group) is 1. The standard InChI is InChI=1S/C13H19F3N4O2/c1-2-20(4-3-19-5-7-22-8-6-19)12(21)10-9-11(18-17-10)13(14,15)16/h9H,2-8H2,1H3,(H,17,18). The van der Waals surface area contributed by atoms with Crippen LogP contribution in [0.4, 0.5) is 13.2 Å². The number of ether oxygens (including phenoxy) is 1. The number of nitrogens with zero attached hydrogens (tertiary/aromatic N) is 3. The van der Waals surface area contributed by atoms with Crippen LogP contribution < -0.4 is 0 Å². The summed E-state index contributed by atoms with van der Waals surface area (Å²) in [6.07, 6.45) is -4.53. The fraction of sp³-hybridized carbons (Fsp3) is 0.692. The van der Waals surface area contributed by atoms with Gasteiger partial charge in [-0.15, -0.1) is 0 Å². The second-order valence-electron chi connectivity index (χ2n) is 5.00. The average molecular weight is 320 g/mol. The summed E-state index contributed by atoms with van der Waals surface area (Å²) in [5.74, 6) is -0.498. The van der Waals surface area contributed by atoms with E-state index in [0.29, 0.717) is 32.8 Å². The number of hydrogen-bond acceptors (Lipinski definition) is 4. The molecule has 6 nitrogen and oxygen atoms in total. The zero-order valence-electron chi connectivity index (χ0n) is 12.3. The van der Waals surface area contributed by atoms with Crippen LogP contribution in [0.5, 0.6) is 0 Å². The van der Waals surface area contributed by atoms with Gasteiger partial charge in [-0.1, -0.05) is 0 Å². The molecule has 0 aliphatic carbocycles. The van der Waals surface area contributed by atoms with Crippen molar-refractivity contribution < 1.29 is 22.7 Å². The Morgan fingerprint density at radius 2 is 2.14 bits per heavy atom. The Hall–Kier alpha value is -1.61. The summed E-state index contributed by atoms with van der Waals surface area (Å²) in [6.45, 7) is 6.23. The molecule has 0 spiro atoms. The Labute approximate surface area is 126 Å². The van der Waals surface area contributed by atoms with Gasteiger partial charge in [-0.05, 0) is 6.92 Å². The Balaban J connectivity index is 1.94. The molecule has 2 rings (SSSR count). The molecule has 0 atom stereocenters. The quantitative estimate of drug-likeness (QED) is 0.886. The van der Waals surface area contributed by atoms with Crippen LogP contribution in [0.2, 0.25) is 0 Å². The predicted molar refractivity (Wildman–Crippen MR) is 72.4 cm³/mol. The first-order valence-electron chi connectivity index (χ1n) is 7.13. The van der Waals surface area contributed by atoms with Crippen molar-refractivity contribution in [2.75, 3.05) is 45.9 Å². The Kier molecular flexibility index (Phi) is 5.41. The van der Waals surface area contributed by atoms with Gasteiger partial charge in [-0.3, -0.25) is 14.8 Å².